The molecule has 2 atom stereocenters. The molecule has 0 bridgehead atoms. The molecule has 2 rings (SSSR count). The summed E-state index contributed by atoms with van der Waals surface area (Å²) in [6.45, 7) is 2.26. The first-order valence-corrected chi connectivity index (χ1v) is 6.14. The largest absolute Gasteiger partial charge is 0.126 e. The van der Waals surface area contributed by atoms with Gasteiger partial charge in [-0.3, -0.25) is 0 Å². The SMILES string of the molecule is CC(P)(Cc1ccccc1)c1ccccc1. The molecular weight excluding hydrogens is 211 g/mol. The second kappa shape index (κ2) is 4.80. The highest BCUT2D eigenvalue weighted by Crippen LogP contribution is 2.34. The summed E-state index contributed by atoms with van der Waals surface area (Å²) in [6.07, 6.45) is 1.04. The van der Waals surface area contributed by atoms with Crippen LogP contribution in [-0.2, 0) is 11.6 Å². The number of rotatable bonds is 3. The van der Waals surface area contributed by atoms with Crippen molar-refractivity contribution >= 4 is 9.24 Å². The van der Waals surface area contributed by atoms with Crippen LogP contribution in [0.15, 0.2) is 60.7 Å². The molecule has 0 amide bonds. The molecular formula is C15H17P. The van der Waals surface area contributed by atoms with Gasteiger partial charge in [0.05, 0.1) is 0 Å². The van der Waals surface area contributed by atoms with Crippen LogP contribution in [0.1, 0.15) is 18.1 Å². The predicted molar refractivity (Wildman–Crippen MR) is 73.7 cm³/mol. The van der Waals surface area contributed by atoms with E-state index < -0.39 is 0 Å². The summed E-state index contributed by atoms with van der Waals surface area (Å²) in [5.74, 6) is 0. The minimum atomic E-state index is 0.114. The van der Waals surface area contributed by atoms with Gasteiger partial charge in [0, 0.05) is 5.16 Å². The number of benzene rings is 2. The molecule has 0 saturated heterocycles. The van der Waals surface area contributed by atoms with Crippen molar-refractivity contribution in [2.24, 2.45) is 0 Å². The van der Waals surface area contributed by atoms with Gasteiger partial charge >= 0.3 is 0 Å². The highest BCUT2D eigenvalue weighted by Gasteiger charge is 2.20. The lowest BCUT2D eigenvalue weighted by molar-refractivity contribution is 0.687. The zero-order chi connectivity index (χ0) is 11.4. The van der Waals surface area contributed by atoms with Gasteiger partial charge in [0.2, 0.25) is 0 Å². The van der Waals surface area contributed by atoms with Crippen molar-refractivity contribution < 1.29 is 0 Å². The lowest BCUT2D eigenvalue weighted by Crippen LogP contribution is -2.16. The fourth-order valence-corrected chi connectivity index (χ4v) is 2.37. The molecule has 0 saturated carbocycles. The molecule has 0 spiro atoms. The van der Waals surface area contributed by atoms with Gasteiger partial charge in [-0.25, -0.2) is 0 Å². The summed E-state index contributed by atoms with van der Waals surface area (Å²) in [4.78, 5) is 0. The standard InChI is InChI=1S/C15H17P/c1-15(16,14-10-6-3-7-11-14)12-13-8-4-2-5-9-13/h2-11H,12,16H2,1H3. The molecule has 0 aliphatic heterocycles. The molecule has 2 aromatic carbocycles. The molecule has 0 radical (unpaired) electrons. The van der Waals surface area contributed by atoms with Gasteiger partial charge in [-0.15, -0.1) is 9.24 Å². The van der Waals surface area contributed by atoms with E-state index in [-0.39, 0.29) is 5.16 Å². The fourth-order valence-electron chi connectivity index (χ4n) is 1.94. The minimum Gasteiger partial charge on any atom is -0.126 e. The highest BCUT2D eigenvalue weighted by molar-refractivity contribution is 7.18. The van der Waals surface area contributed by atoms with Crippen LogP contribution in [0.25, 0.3) is 0 Å². The first-order chi connectivity index (χ1) is 7.68. The average molecular weight is 228 g/mol. The number of hydrogen-bond acceptors (Lipinski definition) is 0. The Kier molecular flexibility index (Phi) is 3.41. The Labute approximate surface area is 99.9 Å². The maximum atomic E-state index is 2.98. The van der Waals surface area contributed by atoms with Crippen molar-refractivity contribution in [2.45, 2.75) is 18.5 Å². The predicted octanol–water partition coefficient (Wildman–Crippen LogP) is 4.02. The van der Waals surface area contributed by atoms with E-state index in [2.05, 4.69) is 76.8 Å². The first-order valence-electron chi connectivity index (χ1n) is 5.57. The van der Waals surface area contributed by atoms with E-state index in [0.29, 0.717) is 0 Å². The Morgan fingerprint density at radius 3 is 1.94 bits per heavy atom. The van der Waals surface area contributed by atoms with E-state index in [4.69, 9.17) is 0 Å². The molecule has 0 heterocycles. The number of hydrogen-bond donors (Lipinski definition) is 0. The van der Waals surface area contributed by atoms with Gasteiger partial charge in [-0.1, -0.05) is 67.6 Å². The fraction of sp³-hybridized carbons (Fsp3) is 0.200. The molecule has 0 N–H and O–H groups in total. The van der Waals surface area contributed by atoms with Crippen molar-refractivity contribution in [1.29, 1.82) is 0 Å². The van der Waals surface area contributed by atoms with E-state index in [1.54, 1.807) is 0 Å². The average Bonchev–Trinajstić information content (AvgIpc) is 2.31. The van der Waals surface area contributed by atoms with Crippen LogP contribution in [0.2, 0.25) is 0 Å². The quantitative estimate of drug-likeness (QED) is 0.696. The molecule has 2 unspecified atom stereocenters. The van der Waals surface area contributed by atoms with Crippen molar-refractivity contribution in [2.75, 3.05) is 0 Å². The zero-order valence-corrected chi connectivity index (χ0v) is 10.7. The van der Waals surface area contributed by atoms with Crippen molar-refractivity contribution in [3.8, 4) is 0 Å². The molecule has 82 valence electrons. The molecule has 0 aromatic heterocycles. The Morgan fingerprint density at radius 1 is 0.875 bits per heavy atom. The zero-order valence-electron chi connectivity index (χ0n) is 9.56. The van der Waals surface area contributed by atoms with Gasteiger partial charge < -0.3 is 0 Å². The molecule has 16 heavy (non-hydrogen) atoms. The van der Waals surface area contributed by atoms with Gasteiger partial charge in [-0.05, 0) is 17.5 Å². The second-order valence-corrected chi connectivity index (χ2v) is 5.72. The summed E-state index contributed by atoms with van der Waals surface area (Å²) in [5.41, 5.74) is 2.74. The monoisotopic (exact) mass is 228 g/mol. The Morgan fingerprint density at radius 2 is 1.38 bits per heavy atom. The van der Waals surface area contributed by atoms with Gasteiger partial charge in [0.1, 0.15) is 0 Å². The topological polar surface area (TPSA) is 0 Å². The third kappa shape index (κ3) is 2.71. The Bertz CT molecular complexity index is 432. The van der Waals surface area contributed by atoms with Gasteiger partial charge in [0.15, 0.2) is 0 Å². The maximum Gasteiger partial charge on any atom is 0.0109 e. The summed E-state index contributed by atoms with van der Waals surface area (Å²) in [5, 5.41) is 0.114. The van der Waals surface area contributed by atoms with Crippen molar-refractivity contribution in [1.82, 2.24) is 0 Å². The first kappa shape index (κ1) is 11.4. The van der Waals surface area contributed by atoms with Crippen LogP contribution < -0.4 is 0 Å². The van der Waals surface area contributed by atoms with Gasteiger partial charge in [-0.2, -0.15) is 0 Å². The maximum absolute atomic E-state index is 2.98. The van der Waals surface area contributed by atoms with E-state index in [0.717, 1.165) is 6.42 Å². The van der Waals surface area contributed by atoms with E-state index in [1.807, 2.05) is 0 Å². The lowest BCUT2D eigenvalue weighted by Gasteiger charge is -2.25. The van der Waals surface area contributed by atoms with E-state index in [9.17, 15) is 0 Å². The van der Waals surface area contributed by atoms with Crippen LogP contribution in [0.3, 0.4) is 0 Å². The second-order valence-electron chi connectivity index (χ2n) is 4.45. The molecule has 0 nitrogen and oxygen atoms in total. The van der Waals surface area contributed by atoms with Crippen LogP contribution in [0.5, 0.6) is 0 Å². The summed E-state index contributed by atoms with van der Waals surface area (Å²) in [7, 11) is 2.98. The van der Waals surface area contributed by atoms with Crippen LogP contribution >= 0.6 is 9.24 Å². The molecule has 0 aliphatic carbocycles. The molecule has 0 aliphatic rings. The van der Waals surface area contributed by atoms with E-state index >= 15 is 0 Å². The van der Waals surface area contributed by atoms with Gasteiger partial charge in [0.25, 0.3) is 0 Å². The normalized spacial score (nSPS) is 14.4. The highest BCUT2D eigenvalue weighted by atomic mass is 31.0. The molecule has 0 fully saturated rings. The van der Waals surface area contributed by atoms with Crippen molar-refractivity contribution in [3.63, 3.8) is 0 Å². The third-order valence-electron chi connectivity index (χ3n) is 2.85. The summed E-state index contributed by atoms with van der Waals surface area (Å²) >= 11 is 0. The Hall–Kier alpha value is -1.13. The van der Waals surface area contributed by atoms with Crippen LogP contribution in [0.4, 0.5) is 0 Å². The van der Waals surface area contributed by atoms with E-state index in [1.165, 1.54) is 11.1 Å². The van der Waals surface area contributed by atoms with Crippen LogP contribution in [-0.4, -0.2) is 0 Å². The summed E-state index contributed by atoms with van der Waals surface area (Å²) < 4.78 is 0. The summed E-state index contributed by atoms with van der Waals surface area (Å²) in [6, 6.07) is 21.3. The third-order valence-corrected chi connectivity index (χ3v) is 3.38. The smallest absolute Gasteiger partial charge is 0.0109 e. The molecule has 1 heteroatoms. The Balaban J connectivity index is 2.21. The minimum absolute atomic E-state index is 0.114. The lowest BCUT2D eigenvalue weighted by atomic mass is 9.93. The molecule has 2 aromatic rings. The van der Waals surface area contributed by atoms with Crippen LogP contribution in [0, 0.1) is 0 Å². The van der Waals surface area contributed by atoms with Crippen molar-refractivity contribution in [3.05, 3.63) is 71.8 Å².